The minimum absolute atomic E-state index is 0.000615. The first kappa shape index (κ1) is 15.0. The van der Waals surface area contributed by atoms with Crippen LogP contribution in [0.25, 0.3) is 0 Å². The Kier molecular flexibility index (Phi) is 3.86. The van der Waals surface area contributed by atoms with Crippen molar-refractivity contribution in [2.45, 2.75) is 24.5 Å². The SMILES string of the molecule is O=C(c1cccnc1)N1CC[C@@]2(C[C@@H](Oc3ncccn3)CO2)C1. The van der Waals surface area contributed by atoms with Crippen LogP contribution in [0.2, 0.25) is 0 Å². The fraction of sp³-hybridized carbons (Fsp3) is 0.412. The lowest BCUT2D eigenvalue weighted by molar-refractivity contribution is 0.00973. The molecule has 4 heterocycles. The number of ether oxygens (including phenoxy) is 2. The van der Waals surface area contributed by atoms with Crippen molar-refractivity contribution < 1.29 is 14.3 Å². The topological polar surface area (TPSA) is 77.4 Å². The summed E-state index contributed by atoms with van der Waals surface area (Å²) in [6.45, 7) is 1.76. The first-order valence-electron chi connectivity index (χ1n) is 8.01. The molecule has 0 saturated carbocycles. The molecule has 2 fully saturated rings. The second-order valence-electron chi connectivity index (χ2n) is 6.19. The average Bonchev–Trinajstić information content (AvgIpc) is 3.23. The molecule has 2 saturated heterocycles. The first-order valence-corrected chi connectivity index (χ1v) is 8.01. The van der Waals surface area contributed by atoms with Gasteiger partial charge in [0.1, 0.15) is 6.10 Å². The zero-order chi connectivity index (χ0) is 16.4. The third-order valence-corrected chi connectivity index (χ3v) is 4.50. The third-order valence-electron chi connectivity index (χ3n) is 4.50. The Hall–Kier alpha value is -2.54. The van der Waals surface area contributed by atoms with E-state index in [2.05, 4.69) is 15.0 Å². The monoisotopic (exact) mass is 326 g/mol. The number of nitrogens with zero attached hydrogens (tertiary/aromatic N) is 4. The highest BCUT2D eigenvalue weighted by molar-refractivity contribution is 5.94. The summed E-state index contributed by atoms with van der Waals surface area (Å²) in [5.41, 5.74) is 0.287. The summed E-state index contributed by atoms with van der Waals surface area (Å²) >= 11 is 0. The lowest BCUT2D eigenvalue weighted by Gasteiger charge is -2.23. The summed E-state index contributed by atoms with van der Waals surface area (Å²) < 4.78 is 11.8. The van der Waals surface area contributed by atoms with Gasteiger partial charge in [-0.25, -0.2) is 9.97 Å². The van der Waals surface area contributed by atoms with Gasteiger partial charge < -0.3 is 14.4 Å². The van der Waals surface area contributed by atoms with Crippen LogP contribution in [0, 0.1) is 0 Å². The van der Waals surface area contributed by atoms with Crippen molar-refractivity contribution >= 4 is 5.91 Å². The molecule has 2 atom stereocenters. The number of hydrogen-bond acceptors (Lipinski definition) is 6. The van der Waals surface area contributed by atoms with E-state index >= 15 is 0 Å². The molecule has 1 spiro atoms. The summed E-state index contributed by atoms with van der Waals surface area (Å²) in [6, 6.07) is 5.67. The lowest BCUT2D eigenvalue weighted by Crippen LogP contribution is -2.36. The van der Waals surface area contributed by atoms with Gasteiger partial charge in [-0.05, 0) is 24.6 Å². The zero-order valence-corrected chi connectivity index (χ0v) is 13.2. The van der Waals surface area contributed by atoms with Crippen LogP contribution in [0.1, 0.15) is 23.2 Å². The quantitative estimate of drug-likeness (QED) is 0.847. The molecular formula is C17H18N4O3. The van der Waals surface area contributed by atoms with Crippen LogP contribution in [-0.2, 0) is 4.74 Å². The number of likely N-dealkylation sites (tertiary alicyclic amines) is 1. The largest absolute Gasteiger partial charge is 0.458 e. The maximum atomic E-state index is 12.5. The van der Waals surface area contributed by atoms with E-state index in [9.17, 15) is 4.79 Å². The van der Waals surface area contributed by atoms with Crippen LogP contribution in [0.15, 0.2) is 43.0 Å². The van der Waals surface area contributed by atoms with Gasteiger partial charge in [0.2, 0.25) is 0 Å². The maximum absolute atomic E-state index is 12.5. The molecule has 7 nitrogen and oxygen atoms in total. The molecule has 0 N–H and O–H groups in total. The zero-order valence-electron chi connectivity index (χ0n) is 13.2. The molecular weight excluding hydrogens is 308 g/mol. The van der Waals surface area contributed by atoms with Crippen molar-refractivity contribution in [1.82, 2.24) is 19.9 Å². The number of amides is 1. The van der Waals surface area contributed by atoms with Gasteiger partial charge in [-0.3, -0.25) is 9.78 Å². The van der Waals surface area contributed by atoms with Crippen LogP contribution in [0.3, 0.4) is 0 Å². The summed E-state index contributed by atoms with van der Waals surface area (Å²) in [7, 11) is 0. The minimum Gasteiger partial charge on any atom is -0.458 e. The average molecular weight is 326 g/mol. The smallest absolute Gasteiger partial charge is 0.316 e. The van der Waals surface area contributed by atoms with Crippen LogP contribution in [0.4, 0.5) is 0 Å². The molecule has 0 unspecified atom stereocenters. The van der Waals surface area contributed by atoms with Crippen LogP contribution < -0.4 is 4.74 Å². The number of rotatable bonds is 3. The van der Waals surface area contributed by atoms with Gasteiger partial charge in [-0.2, -0.15) is 0 Å². The summed E-state index contributed by atoms with van der Waals surface area (Å²) in [5.74, 6) is -0.000615. The summed E-state index contributed by atoms with van der Waals surface area (Å²) in [5, 5.41) is 0. The van der Waals surface area contributed by atoms with Gasteiger partial charge in [-0.1, -0.05) is 0 Å². The predicted molar refractivity (Wildman–Crippen MR) is 84.5 cm³/mol. The van der Waals surface area contributed by atoms with Crippen molar-refractivity contribution in [3.63, 3.8) is 0 Å². The molecule has 0 bridgehead atoms. The molecule has 2 aromatic heterocycles. The normalized spacial score (nSPS) is 26.0. The van der Waals surface area contributed by atoms with E-state index in [4.69, 9.17) is 9.47 Å². The molecule has 2 aliphatic heterocycles. The van der Waals surface area contributed by atoms with Gasteiger partial charge in [-0.15, -0.1) is 0 Å². The van der Waals surface area contributed by atoms with Gasteiger partial charge in [0, 0.05) is 37.8 Å². The Morgan fingerprint density at radius 1 is 1.29 bits per heavy atom. The van der Waals surface area contributed by atoms with Crippen LogP contribution in [0.5, 0.6) is 6.01 Å². The Bertz CT molecular complexity index is 712. The Balaban J connectivity index is 1.39. The van der Waals surface area contributed by atoms with Crippen molar-refractivity contribution in [1.29, 1.82) is 0 Å². The molecule has 1 amide bonds. The Labute approximate surface area is 139 Å². The lowest BCUT2D eigenvalue weighted by atomic mass is 9.98. The van der Waals surface area contributed by atoms with E-state index in [1.54, 1.807) is 43.0 Å². The molecule has 0 aliphatic carbocycles. The van der Waals surface area contributed by atoms with Crippen LogP contribution in [-0.4, -0.2) is 57.2 Å². The van der Waals surface area contributed by atoms with Gasteiger partial charge in [0.05, 0.1) is 24.3 Å². The fourth-order valence-corrected chi connectivity index (χ4v) is 3.35. The summed E-state index contributed by atoms with van der Waals surface area (Å²) in [4.78, 5) is 26.5. The van der Waals surface area contributed by atoms with Gasteiger partial charge in [0.15, 0.2) is 0 Å². The molecule has 124 valence electrons. The number of aromatic nitrogens is 3. The van der Waals surface area contributed by atoms with E-state index in [-0.39, 0.29) is 17.6 Å². The molecule has 0 aromatic carbocycles. The molecule has 2 aliphatic rings. The number of pyridine rings is 1. The van der Waals surface area contributed by atoms with E-state index in [1.807, 2.05) is 4.90 Å². The second-order valence-corrected chi connectivity index (χ2v) is 6.19. The molecule has 2 aromatic rings. The molecule has 7 heteroatoms. The van der Waals surface area contributed by atoms with E-state index in [1.165, 1.54) is 0 Å². The fourth-order valence-electron chi connectivity index (χ4n) is 3.35. The van der Waals surface area contributed by atoms with Crippen molar-refractivity contribution in [2.75, 3.05) is 19.7 Å². The van der Waals surface area contributed by atoms with E-state index in [0.29, 0.717) is 31.3 Å². The third kappa shape index (κ3) is 2.94. The predicted octanol–water partition coefficient (Wildman–Crippen LogP) is 1.32. The maximum Gasteiger partial charge on any atom is 0.316 e. The highest BCUT2D eigenvalue weighted by Gasteiger charge is 2.47. The highest BCUT2D eigenvalue weighted by atomic mass is 16.6. The molecule has 24 heavy (non-hydrogen) atoms. The number of carbonyl (C=O) groups is 1. The van der Waals surface area contributed by atoms with Crippen molar-refractivity contribution in [2.24, 2.45) is 0 Å². The van der Waals surface area contributed by atoms with E-state index < -0.39 is 0 Å². The first-order chi connectivity index (χ1) is 11.7. The highest BCUT2D eigenvalue weighted by Crippen LogP contribution is 2.36. The summed E-state index contributed by atoms with van der Waals surface area (Å²) in [6.07, 6.45) is 8.03. The van der Waals surface area contributed by atoms with Gasteiger partial charge >= 0.3 is 6.01 Å². The van der Waals surface area contributed by atoms with E-state index in [0.717, 1.165) is 12.8 Å². The van der Waals surface area contributed by atoms with Crippen LogP contribution >= 0.6 is 0 Å². The molecule has 4 rings (SSSR count). The second kappa shape index (κ2) is 6.16. The van der Waals surface area contributed by atoms with Gasteiger partial charge in [0.25, 0.3) is 5.91 Å². The number of carbonyl (C=O) groups excluding carboxylic acids is 1. The minimum atomic E-state index is -0.322. The standard InChI is InChI=1S/C17H18N4O3/c22-15(13-3-1-5-18-10-13)21-8-4-17(12-21)9-14(11-23-17)24-16-19-6-2-7-20-16/h1-3,5-7,10,14H,4,8-9,11-12H2/t14-,17-/m1/s1. The Morgan fingerprint density at radius 2 is 2.17 bits per heavy atom. The van der Waals surface area contributed by atoms with Crippen molar-refractivity contribution in [3.05, 3.63) is 48.5 Å². The molecule has 0 radical (unpaired) electrons. The Morgan fingerprint density at radius 3 is 2.96 bits per heavy atom. The number of hydrogen-bond donors (Lipinski definition) is 0. The van der Waals surface area contributed by atoms with Crippen molar-refractivity contribution in [3.8, 4) is 6.01 Å².